The van der Waals surface area contributed by atoms with Crippen molar-refractivity contribution in [1.29, 1.82) is 0 Å². The second kappa shape index (κ2) is 6.75. The molecule has 0 saturated carbocycles. The first-order valence-electron chi connectivity index (χ1n) is 6.80. The number of hydrogen-bond donors (Lipinski definition) is 2. The molecule has 2 aromatic carbocycles. The van der Waals surface area contributed by atoms with Crippen LogP contribution in [0.2, 0.25) is 0 Å². The molecule has 0 radical (unpaired) electrons. The summed E-state index contributed by atoms with van der Waals surface area (Å²) in [7, 11) is 1.84. The summed E-state index contributed by atoms with van der Waals surface area (Å²) in [6.45, 7) is 2.71. The average molecular weight is 268 g/mol. The van der Waals surface area contributed by atoms with Gasteiger partial charge in [0.25, 0.3) is 5.91 Å². The zero-order valence-corrected chi connectivity index (χ0v) is 11.9. The largest absolute Gasteiger partial charge is 0.388 e. The van der Waals surface area contributed by atoms with E-state index in [2.05, 4.69) is 41.8 Å². The van der Waals surface area contributed by atoms with Crippen LogP contribution in [0.1, 0.15) is 21.5 Å². The molecule has 0 atom stereocenters. The molecule has 1 amide bonds. The van der Waals surface area contributed by atoms with E-state index in [1.807, 2.05) is 31.3 Å². The molecule has 2 rings (SSSR count). The Bertz CT molecular complexity index is 576. The molecule has 0 aliphatic rings. The van der Waals surface area contributed by atoms with Crippen LogP contribution in [0.15, 0.2) is 48.5 Å². The molecular weight excluding hydrogens is 248 g/mol. The molecular formula is C17H20N2O. The predicted molar refractivity (Wildman–Crippen MR) is 83.2 cm³/mol. The normalized spacial score (nSPS) is 10.1. The third-order valence-corrected chi connectivity index (χ3v) is 3.23. The van der Waals surface area contributed by atoms with E-state index in [0.717, 1.165) is 12.1 Å². The van der Waals surface area contributed by atoms with Crippen LogP contribution in [0.4, 0.5) is 5.69 Å². The van der Waals surface area contributed by atoms with Gasteiger partial charge in [-0.2, -0.15) is 0 Å². The molecule has 2 aromatic rings. The zero-order chi connectivity index (χ0) is 14.4. The molecule has 0 aliphatic heterocycles. The van der Waals surface area contributed by atoms with Crippen LogP contribution in [0.5, 0.6) is 0 Å². The van der Waals surface area contributed by atoms with Gasteiger partial charge in [-0.25, -0.2) is 0 Å². The summed E-state index contributed by atoms with van der Waals surface area (Å²) in [5.74, 6) is -0.0331. The van der Waals surface area contributed by atoms with Crippen LogP contribution in [0, 0.1) is 6.92 Å². The number of anilines is 1. The minimum Gasteiger partial charge on any atom is -0.388 e. The van der Waals surface area contributed by atoms with E-state index in [-0.39, 0.29) is 5.91 Å². The number of amides is 1. The highest BCUT2D eigenvalue weighted by atomic mass is 16.1. The van der Waals surface area contributed by atoms with Gasteiger partial charge in [0.2, 0.25) is 0 Å². The van der Waals surface area contributed by atoms with Crippen LogP contribution in [-0.2, 0) is 6.42 Å². The van der Waals surface area contributed by atoms with Crippen LogP contribution in [0.25, 0.3) is 0 Å². The summed E-state index contributed by atoms with van der Waals surface area (Å²) in [6.07, 6.45) is 0.845. The quantitative estimate of drug-likeness (QED) is 0.875. The van der Waals surface area contributed by atoms with Gasteiger partial charge in [-0.05, 0) is 37.1 Å². The number of benzene rings is 2. The fraction of sp³-hybridized carbons (Fsp3) is 0.235. The van der Waals surface area contributed by atoms with Gasteiger partial charge >= 0.3 is 0 Å². The van der Waals surface area contributed by atoms with Gasteiger partial charge in [-0.1, -0.05) is 35.9 Å². The Hall–Kier alpha value is -2.29. The van der Waals surface area contributed by atoms with Gasteiger partial charge in [0.15, 0.2) is 0 Å². The third kappa shape index (κ3) is 3.85. The van der Waals surface area contributed by atoms with Crippen molar-refractivity contribution in [3.8, 4) is 0 Å². The number of carbonyl (C=O) groups excluding carboxylic acids is 1. The molecule has 0 spiro atoms. The van der Waals surface area contributed by atoms with E-state index < -0.39 is 0 Å². The topological polar surface area (TPSA) is 41.1 Å². The highest BCUT2D eigenvalue weighted by Gasteiger charge is 2.05. The van der Waals surface area contributed by atoms with Crippen molar-refractivity contribution >= 4 is 11.6 Å². The standard InChI is InChI=1S/C17H20N2O/c1-13-6-8-14(9-7-13)10-11-19-17(20)15-4-3-5-16(12-15)18-2/h3-9,12,18H,10-11H2,1-2H3,(H,19,20). The zero-order valence-electron chi connectivity index (χ0n) is 11.9. The summed E-state index contributed by atoms with van der Waals surface area (Å²) in [6, 6.07) is 15.9. The van der Waals surface area contributed by atoms with Gasteiger partial charge in [0.05, 0.1) is 0 Å². The lowest BCUT2D eigenvalue weighted by Crippen LogP contribution is -2.25. The second-order valence-corrected chi connectivity index (χ2v) is 4.82. The van der Waals surface area contributed by atoms with Crippen LogP contribution < -0.4 is 10.6 Å². The lowest BCUT2D eigenvalue weighted by Gasteiger charge is -2.07. The number of hydrogen-bond acceptors (Lipinski definition) is 2. The van der Waals surface area contributed by atoms with Gasteiger partial charge < -0.3 is 10.6 Å². The Kier molecular flexibility index (Phi) is 4.77. The van der Waals surface area contributed by atoms with E-state index in [9.17, 15) is 4.79 Å². The van der Waals surface area contributed by atoms with Gasteiger partial charge in [0.1, 0.15) is 0 Å². The Morgan fingerprint density at radius 1 is 1.10 bits per heavy atom. The van der Waals surface area contributed by atoms with E-state index in [1.165, 1.54) is 11.1 Å². The molecule has 3 nitrogen and oxygen atoms in total. The molecule has 104 valence electrons. The van der Waals surface area contributed by atoms with E-state index in [4.69, 9.17) is 0 Å². The van der Waals surface area contributed by atoms with Crippen LogP contribution in [0.3, 0.4) is 0 Å². The molecule has 2 N–H and O–H groups in total. The molecule has 0 aliphatic carbocycles. The minimum absolute atomic E-state index is 0.0331. The number of carbonyl (C=O) groups is 1. The first-order valence-corrected chi connectivity index (χ1v) is 6.80. The molecule has 0 saturated heterocycles. The first kappa shape index (κ1) is 14.1. The van der Waals surface area contributed by atoms with Crippen molar-refractivity contribution in [3.63, 3.8) is 0 Å². The van der Waals surface area contributed by atoms with Crippen LogP contribution >= 0.6 is 0 Å². The van der Waals surface area contributed by atoms with E-state index in [0.29, 0.717) is 12.1 Å². The SMILES string of the molecule is CNc1cccc(C(=O)NCCc2ccc(C)cc2)c1. The summed E-state index contributed by atoms with van der Waals surface area (Å²) < 4.78 is 0. The van der Waals surface area contributed by atoms with Crippen molar-refractivity contribution in [2.75, 3.05) is 18.9 Å². The van der Waals surface area contributed by atoms with Crippen molar-refractivity contribution in [1.82, 2.24) is 5.32 Å². The number of rotatable bonds is 5. The number of aryl methyl sites for hydroxylation is 1. The molecule has 0 unspecified atom stereocenters. The summed E-state index contributed by atoms with van der Waals surface area (Å²) in [4.78, 5) is 12.0. The van der Waals surface area contributed by atoms with Gasteiger partial charge in [-0.3, -0.25) is 4.79 Å². The summed E-state index contributed by atoms with van der Waals surface area (Å²) in [5.41, 5.74) is 4.11. The number of nitrogens with one attached hydrogen (secondary N) is 2. The molecule has 3 heteroatoms. The minimum atomic E-state index is -0.0331. The molecule has 0 aromatic heterocycles. The highest BCUT2D eigenvalue weighted by molar-refractivity contribution is 5.95. The first-order chi connectivity index (χ1) is 9.69. The Balaban J connectivity index is 1.87. The Morgan fingerprint density at radius 2 is 1.85 bits per heavy atom. The maximum absolute atomic E-state index is 12.0. The summed E-state index contributed by atoms with van der Waals surface area (Å²) >= 11 is 0. The molecule has 20 heavy (non-hydrogen) atoms. The van der Waals surface area contributed by atoms with Gasteiger partial charge in [0, 0.05) is 24.8 Å². The van der Waals surface area contributed by atoms with Crippen molar-refractivity contribution in [3.05, 3.63) is 65.2 Å². The van der Waals surface area contributed by atoms with Crippen molar-refractivity contribution in [2.45, 2.75) is 13.3 Å². The van der Waals surface area contributed by atoms with E-state index in [1.54, 1.807) is 0 Å². The average Bonchev–Trinajstić information content (AvgIpc) is 2.49. The maximum atomic E-state index is 12.0. The van der Waals surface area contributed by atoms with E-state index >= 15 is 0 Å². The maximum Gasteiger partial charge on any atom is 0.251 e. The van der Waals surface area contributed by atoms with Crippen molar-refractivity contribution < 1.29 is 4.79 Å². The fourth-order valence-corrected chi connectivity index (χ4v) is 1.99. The Morgan fingerprint density at radius 3 is 2.55 bits per heavy atom. The second-order valence-electron chi connectivity index (χ2n) is 4.82. The lowest BCUT2D eigenvalue weighted by atomic mass is 10.1. The van der Waals surface area contributed by atoms with Crippen LogP contribution in [-0.4, -0.2) is 19.5 Å². The Labute approximate surface area is 120 Å². The fourth-order valence-electron chi connectivity index (χ4n) is 1.99. The third-order valence-electron chi connectivity index (χ3n) is 3.23. The lowest BCUT2D eigenvalue weighted by molar-refractivity contribution is 0.0954. The molecule has 0 heterocycles. The monoisotopic (exact) mass is 268 g/mol. The molecule has 0 fully saturated rings. The van der Waals surface area contributed by atoms with Gasteiger partial charge in [-0.15, -0.1) is 0 Å². The smallest absolute Gasteiger partial charge is 0.251 e. The highest BCUT2D eigenvalue weighted by Crippen LogP contribution is 2.09. The van der Waals surface area contributed by atoms with Crippen molar-refractivity contribution in [2.24, 2.45) is 0 Å². The molecule has 0 bridgehead atoms. The predicted octanol–water partition coefficient (Wildman–Crippen LogP) is 3.01. The summed E-state index contributed by atoms with van der Waals surface area (Å²) in [5, 5.41) is 5.98.